The molecule has 0 radical (unpaired) electrons. The molecule has 0 aliphatic carbocycles. The summed E-state index contributed by atoms with van der Waals surface area (Å²) in [5.41, 5.74) is 3.48. The maximum absolute atomic E-state index is 6.19. The van der Waals surface area contributed by atoms with Crippen LogP contribution in [0.4, 0.5) is 0 Å². The molecule has 126 valence electrons. The second-order valence-electron chi connectivity index (χ2n) is 5.20. The molecule has 0 spiro atoms. The second kappa shape index (κ2) is 9.04. The smallest absolute Gasteiger partial charge is 0.137 e. The number of rotatable bonds is 6. The second-order valence-corrected chi connectivity index (χ2v) is 6.04. The highest BCUT2D eigenvalue weighted by molar-refractivity contribution is 6.35. The Morgan fingerprint density at radius 3 is 2.42 bits per heavy atom. The predicted molar refractivity (Wildman–Crippen MR) is 99.8 cm³/mol. The lowest BCUT2D eigenvalue weighted by Gasteiger charge is -2.11. The Morgan fingerprint density at radius 2 is 1.71 bits per heavy atom. The third kappa shape index (κ3) is 4.95. The van der Waals surface area contributed by atoms with Crippen molar-refractivity contribution in [2.75, 3.05) is 0 Å². The van der Waals surface area contributed by atoms with Gasteiger partial charge in [-0.2, -0.15) is 5.10 Å². The first-order valence-corrected chi connectivity index (χ1v) is 8.02. The molecule has 1 aromatic heterocycles. The van der Waals surface area contributed by atoms with Crippen molar-refractivity contribution >= 4 is 35.6 Å². The minimum Gasteiger partial charge on any atom is -0.309 e. The van der Waals surface area contributed by atoms with Crippen LogP contribution in [0.5, 0.6) is 0 Å². The van der Waals surface area contributed by atoms with Crippen LogP contribution in [0.3, 0.4) is 0 Å². The fourth-order valence-corrected chi connectivity index (χ4v) is 2.85. The van der Waals surface area contributed by atoms with Gasteiger partial charge >= 0.3 is 0 Å². The summed E-state index contributed by atoms with van der Waals surface area (Å²) in [6.07, 6.45) is 3.26. The highest BCUT2D eigenvalue weighted by Gasteiger charge is 2.05. The molecular formula is C17H17Cl3N4. The summed E-state index contributed by atoms with van der Waals surface area (Å²) in [7, 11) is 0. The topological polar surface area (TPSA) is 42.7 Å². The van der Waals surface area contributed by atoms with Gasteiger partial charge in [-0.05, 0) is 28.8 Å². The largest absolute Gasteiger partial charge is 0.309 e. The van der Waals surface area contributed by atoms with Crippen molar-refractivity contribution in [1.29, 1.82) is 0 Å². The first-order chi connectivity index (χ1) is 11.2. The lowest BCUT2D eigenvalue weighted by Crippen LogP contribution is -2.15. The van der Waals surface area contributed by atoms with Crippen LogP contribution in [0.15, 0.2) is 55.1 Å². The zero-order chi connectivity index (χ0) is 16.1. The number of nitrogens with zero attached hydrogens (tertiary/aromatic N) is 3. The zero-order valence-electron chi connectivity index (χ0n) is 12.8. The molecule has 0 saturated heterocycles. The van der Waals surface area contributed by atoms with Gasteiger partial charge in [-0.25, -0.2) is 9.67 Å². The summed E-state index contributed by atoms with van der Waals surface area (Å²) < 4.78 is 1.81. The maximum Gasteiger partial charge on any atom is 0.137 e. The van der Waals surface area contributed by atoms with Gasteiger partial charge in [0.2, 0.25) is 0 Å². The lowest BCUT2D eigenvalue weighted by atomic mass is 10.1. The molecule has 3 rings (SSSR count). The van der Waals surface area contributed by atoms with Crippen LogP contribution in [0, 0.1) is 0 Å². The fraction of sp³-hybridized carbons (Fsp3) is 0.176. The summed E-state index contributed by atoms with van der Waals surface area (Å²) >= 11 is 12.1. The number of aromatic nitrogens is 3. The van der Waals surface area contributed by atoms with Gasteiger partial charge in [-0.1, -0.05) is 53.5 Å². The molecule has 1 N–H and O–H groups in total. The summed E-state index contributed by atoms with van der Waals surface area (Å²) in [5.74, 6) is 0. The molecule has 7 heteroatoms. The Balaban J connectivity index is 0.00000208. The first kappa shape index (κ1) is 18.7. The van der Waals surface area contributed by atoms with E-state index in [-0.39, 0.29) is 12.4 Å². The molecule has 2 aromatic carbocycles. The molecule has 1 heterocycles. The Bertz CT molecular complexity index is 775. The van der Waals surface area contributed by atoms with E-state index in [1.807, 2.05) is 28.9 Å². The van der Waals surface area contributed by atoms with Crippen molar-refractivity contribution in [3.63, 3.8) is 0 Å². The van der Waals surface area contributed by atoms with Gasteiger partial charge < -0.3 is 5.32 Å². The van der Waals surface area contributed by atoms with Crippen LogP contribution < -0.4 is 5.32 Å². The molecule has 0 saturated carbocycles. The summed E-state index contributed by atoms with van der Waals surface area (Å²) in [4.78, 5) is 3.98. The molecule has 0 fully saturated rings. The van der Waals surface area contributed by atoms with Crippen LogP contribution >= 0.6 is 35.6 Å². The number of benzene rings is 2. The van der Waals surface area contributed by atoms with Gasteiger partial charge in [0.1, 0.15) is 12.7 Å². The van der Waals surface area contributed by atoms with E-state index in [0.717, 1.165) is 12.1 Å². The number of halogens is 3. The molecular weight excluding hydrogens is 367 g/mol. The summed E-state index contributed by atoms with van der Waals surface area (Å²) in [5, 5.41) is 8.91. The third-order valence-corrected chi connectivity index (χ3v) is 4.15. The molecule has 0 unspecified atom stereocenters. The minimum absolute atomic E-state index is 0. The molecule has 0 aliphatic heterocycles. The van der Waals surface area contributed by atoms with Gasteiger partial charge in [0.05, 0.1) is 6.54 Å². The highest BCUT2D eigenvalue weighted by atomic mass is 35.5. The average Bonchev–Trinajstić information content (AvgIpc) is 3.04. The minimum atomic E-state index is 0. The van der Waals surface area contributed by atoms with E-state index < -0.39 is 0 Å². The van der Waals surface area contributed by atoms with E-state index in [1.165, 1.54) is 11.1 Å². The quantitative estimate of drug-likeness (QED) is 0.688. The number of hydrogen-bond donors (Lipinski definition) is 1. The van der Waals surface area contributed by atoms with Crippen molar-refractivity contribution in [1.82, 2.24) is 20.1 Å². The molecule has 24 heavy (non-hydrogen) atoms. The molecule has 0 atom stereocenters. The van der Waals surface area contributed by atoms with Crippen molar-refractivity contribution in [2.24, 2.45) is 0 Å². The number of nitrogens with one attached hydrogen (secondary N) is 1. The van der Waals surface area contributed by atoms with Crippen molar-refractivity contribution in [3.8, 4) is 0 Å². The van der Waals surface area contributed by atoms with Crippen LogP contribution in [0.2, 0.25) is 10.0 Å². The molecule has 0 bridgehead atoms. The van der Waals surface area contributed by atoms with Crippen molar-refractivity contribution in [2.45, 2.75) is 19.6 Å². The van der Waals surface area contributed by atoms with Gasteiger partial charge in [0, 0.05) is 23.1 Å². The SMILES string of the molecule is Cl.Clc1ccc(CNCc2ccccc2Cn2cncn2)c(Cl)c1. The first-order valence-electron chi connectivity index (χ1n) is 7.26. The van der Waals surface area contributed by atoms with E-state index in [1.54, 1.807) is 18.7 Å². The molecule has 3 aromatic rings. The van der Waals surface area contributed by atoms with Gasteiger partial charge in [-0.15, -0.1) is 12.4 Å². The number of hydrogen-bond acceptors (Lipinski definition) is 3. The van der Waals surface area contributed by atoms with Gasteiger partial charge in [0.25, 0.3) is 0 Å². The van der Waals surface area contributed by atoms with Gasteiger partial charge in [-0.3, -0.25) is 0 Å². The monoisotopic (exact) mass is 382 g/mol. The van der Waals surface area contributed by atoms with E-state index in [2.05, 4.69) is 27.5 Å². The Labute approximate surface area is 157 Å². The van der Waals surface area contributed by atoms with Crippen LogP contribution in [0.25, 0.3) is 0 Å². The average molecular weight is 384 g/mol. The van der Waals surface area contributed by atoms with Gasteiger partial charge in [0.15, 0.2) is 0 Å². The summed E-state index contributed by atoms with van der Waals surface area (Å²) in [6.45, 7) is 2.15. The van der Waals surface area contributed by atoms with Crippen LogP contribution in [0.1, 0.15) is 16.7 Å². The van der Waals surface area contributed by atoms with E-state index in [9.17, 15) is 0 Å². The normalized spacial score (nSPS) is 10.4. The Hall–Kier alpha value is -1.59. The van der Waals surface area contributed by atoms with Crippen molar-refractivity contribution < 1.29 is 0 Å². The highest BCUT2D eigenvalue weighted by Crippen LogP contribution is 2.21. The van der Waals surface area contributed by atoms with E-state index >= 15 is 0 Å². The summed E-state index contributed by atoms with van der Waals surface area (Å²) in [6, 6.07) is 13.8. The third-order valence-electron chi connectivity index (χ3n) is 3.56. The van der Waals surface area contributed by atoms with E-state index in [0.29, 0.717) is 23.1 Å². The predicted octanol–water partition coefficient (Wildman–Crippen LogP) is 4.34. The molecule has 4 nitrogen and oxygen atoms in total. The fourth-order valence-electron chi connectivity index (χ4n) is 2.37. The lowest BCUT2D eigenvalue weighted by molar-refractivity contribution is 0.655. The van der Waals surface area contributed by atoms with Crippen LogP contribution in [-0.4, -0.2) is 14.8 Å². The van der Waals surface area contributed by atoms with E-state index in [4.69, 9.17) is 23.2 Å². The Kier molecular flexibility index (Phi) is 7.06. The van der Waals surface area contributed by atoms with Crippen molar-refractivity contribution in [3.05, 3.63) is 81.9 Å². The standard InChI is InChI=1S/C17H16Cl2N4.ClH/c18-16-6-5-14(17(19)7-16)9-20-8-13-3-1-2-4-15(13)10-23-12-21-11-22-23;/h1-7,11-12,20H,8-10H2;1H. The molecule has 0 amide bonds. The van der Waals surface area contributed by atoms with Crippen LogP contribution in [-0.2, 0) is 19.6 Å². The Morgan fingerprint density at radius 1 is 0.958 bits per heavy atom. The molecule has 0 aliphatic rings. The zero-order valence-corrected chi connectivity index (χ0v) is 15.2. The maximum atomic E-state index is 6.19.